The molecule has 0 heterocycles. The SMILES string of the molecule is CCCCCCCCCCCCCCCCCCCCCC(=O)O[C@@H](CO)COC(=O)CCCCCCCCCCCCC. The van der Waals surface area contributed by atoms with Gasteiger partial charge >= 0.3 is 11.9 Å². The molecule has 0 aliphatic heterocycles. The summed E-state index contributed by atoms with van der Waals surface area (Å²) in [5, 5.41) is 9.53. The van der Waals surface area contributed by atoms with E-state index in [4.69, 9.17) is 9.47 Å². The van der Waals surface area contributed by atoms with E-state index in [0.717, 1.165) is 32.1 Å². The molecule has 44 heavy (non-hydrogen) atoms. The first kappa shape index (κ1) is 42.9. The van der Waals surface area contributed by atoms with Crippen molar-refractivity contribution in [2.45, 2.75) is 225 Å². The van der Waals surface area contributed by atoms with Gasteiger partial charge in [0.15, 0.2) is 6.10 Å². The zero-order valence-electron chi connectivity index (χ0n) is 29.7. The average Bonchev–Trinajstić information content (AvgIpc) is 3.02. The molecule has 0 amide bonds. The number of carbonyl (C=O) groups is 2. The number of hydrogen-bond donors (Lipinski definition) is 1. The molecule has 0 radical (unpaired) electrons. The normalized spacial score (nSPS) is 12.0. The molecule has 0 rings (SSSR count). The minimum Gasteiger partial charge on any atom is -0.462 e. The molecule has 0 bridgehead atoms. The van der Waals surface area contributed by atoms with Crippen LogP contribution in [0.2, 0.25) is 0 Å². The summed E-state index contributed by atoms with van der Waals surface area (Å²) in [6.07, 6.45) is 38.8. The fourth-order valence-corrected chi connectivity index (χ4v) is 5.91. The second-order valence-corrected chi connectivity index (χ2v) is 13.4. The highest BCUT2D eigenvalue weighted by Crippen LogP contribution is 2.16. The molecule has 0 aromatic rings. The minimum absolute atomic E-state index is 0.0572. The summed E-state index contributed by atoms with van der Waals surface area (Å²) in [7, 11) is 0. The molecule has 0 aromatic heterocycles. The number of ether oxygens (including phenoxy) is 2. The van der Waals surface area contributed by atoms with Gasteiger partial charge in [0, 0.05) is 12.8 Å². The van der Waals surface area contributed by atoms with Crippen molar-refractivity contribution in [1.82, 2.24) is 0 Å². The lowest BCUT2D eigenvalue weighted by molar-refractivity contribution is -0.161. The van der Waals surface area contributed by atoms with Gasteiger partial charge < -0.3 is 14.6 Å². The van der Waals surface area contributed by atoms with Gasteiger partial charge in [-0.1, -0.05) is 194 Å². The van der Waals surface area contributed by atoms with E-state index in [2.05, 4.69) is 13.8 Å². The third-order valence-corrected chi connectivity index (χ3v) is 8.90. The van der Waals surface area contributed by atoms with Crippen LogP contribution in [0.25, 0.3) is 0 Å². The van der Waals surface area contributed by atoms with Gasteiger partial charge in [-0.3, -0.25) is 9.59 Å². The predicted octanol–water partition coefficient (Wildman–Crippen LogP) is 12.0. The highest BCUT2D eigenvalue weighted by Gasteiger charge is 2.16. The third kappa shape index (κ3) is 33.8. The molecule has 0 aliphatic rings. The largest absolute Gasteiger partial charge is 0.462 e. The topological polar surface area (TPSA) is 72.8 Å². The average molecular weight is 625 g/mol. The Balaban J connectivity index is 3.47. The molecule has 1 N–H and O–H groups in total. The number of aliphatic hydroxyl groups is 1. The van der Waals surface area contributed by atoms with Crippen LogP contribution < -0.4 is 0 Å². The summed E-state index contributed by atoms with van der Waals surface area (Å²) >= 11 is 0. The molecule has 1 atom stereocenters. The lowest BCUT2D eigenvalue weighted by atomic mass is 10.0. The summed E-state index contributed by atoms with van der Waals surface area (Å²) in [5.41, 5.74) is 0. The van der Waals surface area contributed by atoms with Crippen molar-refractivity contribution in [2.24, 2.45) is 0 Å². The van der Waals surface area contributed by atoms with Gasteiger partial charge in [0.1, 0.15) is 6.61 Å². The molecule has 0 aliphatic carbocycles. The zero-order valence-corrected chi connectivity index (χ0v) is 29.7. The van der Waals surface area contributed by atoms with Gasteiger partial charge in [-0.2, -0.15) is 0 Å². The Hall–Kier alpha value is -1.10. The van der Waals surface area contributed by atoms with E-state index in [-0.39, 0.29) is 25.2 Å². The van der Waals surface area contributed by atoms with Gasteiger partial charge in [0.25, 0.3) is 0 Å². The number of esters is 2. The van der Waals surface area contributed by atoms with E-state index in [0.29, 0.717) is 12.8 Å². The van der Waals surface area contributed by atoms with Crippen molar-refractivity contribution in [3.63, 3.8) is 0 Å². The molecular weight excluding hydrogens is 548 g/mol. The monoisotopic (exact) mass is 625 g/mol. The van der Waals surface area contributed by atoms with Crippen molar-refractivity contribution in [2.75, 3.05) is 13.2 Å². The predicted molar refractivity (Wildman–Crippen MR) is 187 cm³/mol. The van der Waals surface area contributed by atoms with Crippen LogP contribution in [0.4, 0.5) is 0 Å². The quantitative estimate of drug-likeness (QED) is 0.0554. The maximum absolute atomic E-state index is 12.2. The third-order valence-electron chi connectivity index (χ3n) is 8.90. The highest BCUT2D eigenvalue weighted by atomic mass is 16.6. The number of aliphatic hydroxyl groups excluding tert-OH is 1. The second-order valence-electron chi connectivity index (χ2n) is 13.4. The molecule has 0 spiro atoms. The van der Waals surface area contributed by atoms with E-state index < -0.39 is 6.10 Å². The molecule has 5 heteroatoms. The smallest absolute Gasteiger partial charge is 0.306 e. The van der Waals surface area contributed by atoms with Gasteiger partial charge in [-0.25, -0.2) is 0 Å². The van der Waals surface area contributed by atoms with E-state index in [1.807, 2.05) is 0 Å². The number of rotatable bonds is 36. The Kier molecular flexibility index (Phi) is 35.5. The van der Waals surface area contributed by atoms with Crippen molar-refractivity contribution >= 4 is 11.9 Å². The van der Waals surface area contributed by atoms with E-state index in [1.54, 1.807) is 0 Å². The maximum atomic E-state index is 12.2. The summed E-state index contributed by atoms with van der Waals surface area (Å²) in [5.74, 6) is -0.577. The molecule has 0 aromatic carbocycles. The standard InChI is InChI=1S/C39H76O5/c1-3-5-7-9-11-13-15-16-17-18-19-20-21-22-24-26-28-30-32-34-39(42)44-37(35-40)36-43-38(41)33-31-29-27-25-23-14-12-10-8-6-4-2/h37,40H,3-36H2,1-2H3/t37-/m0/s1. The fraction of sp³-hybridized carbons (Fsp3) is 0.949. The Labute approximate surface area is 274 Å². The van der Waals surface area contributed by atoms with Gasteiger partial charge in [-0.15, -0.1) is 0 Å². The van der Waals surface area contributed by atoms with Crippen LogP contribution in [0.3, 0.4) is 0 Å². The van der Waals surface area contributed by atoms with Crippen molar-refractivity contribution < 1.29 is 24.2 Å². The Bertz CT molecular complexity index is 593. The van der Waals surface area contributed by atoms with Crippen LogP contribution >= 0.6 is 0 Å². The molecule has 262 valence electrons. The maximum Gasteiger partial charge on any atom is 0.306 e. The van der Waals surface area contributed by atoms with Crippen LogP contribution in [0.5, 0.6) is 0 Å². The van der Waals surface area contributed by atoms with Crippen LogP contribution in [-0.4, -0.2) is 36.4 Å². The Morgan fingerprint density at radius 1 is 0.432 bits per heavy atom. The number of carbonyl (C=O) groups excluding carboxylic acids is 2. The summed E-state index contributed by atoms with van der Waals surface area (Å²) in [4.78, 5) is 24.2. The summed E-state index contributed by atoms with van der Waals surface area (Å²) < 4.78 is 10.6. The van der Waals surface area contributed by atoms with E-state index in [9.17, 15) is 14.7 Å². The highest BCUT2D eigenvalue weighted by molar-refractivity contribution is 5.70. The van der Waals surface area contributed by atoms with Crippen LogP contribution in [0, 0.1) is 0 Å². The summed E-state index contributed by atoms with van der Waals surface area (Å²) in [6, 6.07) is 0. The Morgan fingerprint density at radius 3 is 1.00 bits per heavy atom. The van der Waals surface area contributed by atoms with E-state index >= 15 is 0 Å². The zero-order chi connectivity index (χ0) is 32.2. The minimum atomic E-state index is -0.760. The molecule has 0 saturated carbocycles. The molecule has 5 nitrogen and oxygen atoms in total. The summed E-state index contributed by atoms with van der Waals surface area (Å²) in [6.45, 7) is 4.15. The molecule has 0 saturated heterocycles. The molecular formula is C39H76O5. The number of hydrogen-bond acceptors (Lipinski definition) is 5. The lowest BCUT2D eigenvalue weighted by Gasteiger charge is -2.15. The van der Waals surface area contributed by atoms with Crippen molar-refractivity contribution in [1.29, 1.82) is 0 Å². The second kappa shape index (κ2) is 36.4. The van der Waals surface area contributed by atoms with Crippen molar-refractivity contribution in [3.8, 4) is 0 Å². The Morgan fingerprint density at radius 2 is 0.705 bits per heavy atom. The number of unbranched alkanes of at least 4 members (excludes halogenated alkanes) is 28. The molecule has 0 unspecified atom stereocenters. The van der Waals surface area contributed by atoms with Gasteiger partial charge in [-0.05, 0) is 12.8 Å². The molecule has 0 fully saturated rings. The first-order valence-corrected chi connectivity index (χ1v) is 19.6. The fourth-order valence-electron chi connectivity index (χ4n) is 5.91. The van der Waals surface area contributed by atoms with Crippen LogP contribution in [-0.2, 0) is 19.1 Å². The van der Waals surface area contributed by atoms with Crippen molar-refractivity contribution in [3.05, 3.63) is 0 Å². The van der Waals surface area contributed by atoms with Gasteiger partial charge in [0.05, 0.1) is 6.61 Å². The first-order valence-electron chi connectivity index (χ1n) is 19.6. The first-order chi connectivity index (χ1) is 21.6. The van der Waals surface area contributed by atoms with Gasteiger partial charge in [0.2, 0.25) is 0 Å². The van der Waals surface area contributed by atoms with Crippen LogP contribution in [0.15, 0.2) is 0 Å². The lowest BCUT2D eigenvalue weighted by Crippen LogP contribution is -2.28. The van der Waals surface area contributed by atoms with Crippen LogP contribution in [0.1, 0.15) is 219 Å². The van der Waals surface area contributed by atoms with E-state index in [1.165, 1.54) is 161 Å².